The first-order valence-electron chi connectivity index (χ1n) is 5.52. The minimum Gasteiger partial charge on any atom is -0.486 e. The van der Waals surface area contributed by atoms with Crippen LogP contribution >= 0.6 is 23.6 Å². The van der Waals surface area contributed by atoms with Crippen molar-refractivity contribution in [3.8, 4) is 5.75 Å². The van der Waals surface area contributed by atoms with Gasteiger partial charge in [-0.15, -0.1) is 11.3 Å². The van der Waals surface area contributed by atoms with E-state index < -0.39 is 0 Å². The zero-order chi connectivity index (χ0) is 13.1. The van der Waals surface area contributed by atoms with E-state index in [0.29, 0.717) is 11.6 Å². The molecule has 2 rings (SSSR count). The van der Waals surface area contributed by atoms with Crippen LogP contribution < -0.4 is 10.5 Å². The first-order chi connectivity index (χ1) is 8.56. The van der Waals surface area contributed by atoms with E-state index in [1.807, 2.05) is 38.1 Å². The topological polar surface area (TPSA) is 48.1 Å². The van der Waals surface area contributed by atoms with E-state index >= 15 is 0 Å². The number of rotatable bonds is 4. The molecular weight excluding hydrogens is 264 g/mol. The van der Waals surface area contributed by atoms with Crippen LogP contribution in [0.15, 0.2) is 24.3 Å². The Bertz CT molecular complexity index is 578. The molecular formula is C13H14N2OS2. The molecule has 0 atom stereocenters. The van der Waals surface area contributed by atoms with Crippen molar-refractivity contribution in [1.82, 2.24) is 4.98 Å². The highest BCUT2D eigenvalue weighted by Crippen LogP contribution is 2.20. The monoisotopic (exact) mass is 278 g/mol. The van der Waals surface area contributed by atoms with Crippen molar-refractivity contribution in [2.24, 2.45) is 5.73 Å². The molecule has 0 radical (unpaired) electrons. The molecule has 1 aromatic heterocycles. The van der Waals surface area contributed by atoms with Gasteiger partial charge < -0.3 is 10.5 Å². The number of hydrogen-bond acceptors (Lipinski definition) is 4. The number of thiocarbonyl (C=S) groups is 1. The third kappa shape index (κ3) is 3.05. The van der Waals surface area contributed by atoms with Crippen molar-refractivity contribution in [2.75, 3.05) is 0 Å². The standard InChI is InChI=1S/C13H14N2OS2/c1-8-4-3-5-10(6-8)16-7-11-15-9(2)12(18-11)13(14)17/h3-6H,7H2,1-2H3,(H2,14,17). The second-order valence-corrected chi connectivity index (χ2v) is 5.52. The summed E-state index contributed by atoms with van der Waals surface area (Å²) in [5.74, 6) is 0.847. The third-order valence-electron chi connectivity index (χ3n) is 2.42. The fourth-order valence-corrected chi connectivity index (χ4v) is 2.70. The van der Waals surface area contributed by atoms with Crippen LogP contribution in [0, 0.1) is 13.8 Å². The lowest BCUT2D eigenvalue weighted by Crippen LogP contribution is -2.08. The fourth-order valence-electron chi connectivity index (χ4n) is 1.59. The summed E-state index contributed by atoms with van der Waals surface area (Å²) in [4.78, 5) is 5.66. The van der Waals surface area contributed by atoms with Crippen molar-refractivity contribution in [3.63, 3.8) is 0 Å². The number of hydrogen-bond donors (Lipinski definition) is 1. The molecule has 0 saturated carbocycles. The van der Waals surface area contributed by atoms with Gasteiger partial charge >= 0.3 is 0 Å². The number of nitrogens with two attached hydrogens (primary N) is 1. The van der Waals surface area contributed by atoms with Crippen LogP contribution in [0.5, 0.6) is 5.75 Å². The maximum absolute atomic E-state index is 5.68. The van der Waals surface area contributed by atoms with E-state index in [-0.39, 0.29) is 0 Å². The summed E-state index contributed by atoms with van der Waals surface area (Å²) in [7, 11) is 0. The Balaban J connectivity index is 2.06. The smallest absolute Gasteiger partial charge is 0.140 e. The average Bonchev–Trinajstić information content (AvgIpc) is 2.68. The van der Waals surface area contributed by atoms with E-state index in [4.69, 9.17) is 22.7 Å². The molecule has 2 aromatic rings. The second-order valence-electron chi connectivity index (χ2n) is 3.99. The molecule has 0 spiro atoms. The van der Waals surface area contributed by atoms with E-state index in [0.717, 1.165) is 21.3 Å². The SMILES string of the molecule is Cc1cccc(OCc2nc(C)c(C(N)=S)s2)c1. The number of ether oxygens (including phenoxy) is 1. The van der Waals surface area contributed by atoms with Crippen molar-refractivity contribution in [3.05, 3.63) is 45.4 Å². The minimum atomic E-state index is 0.395. The Hall–Kier alpha value is -1.46. The molecule has 0 aliphatic heterocycles. The van der Waals surface area contributed by atoms with Gasteiger partial charge in [-0.3, -0.25) is 0 Å². The fraction of sp³-hybridized carbons (Fsp3) is 0.231. The van der Waals surface area contributed by atoms with Crippen LogP contribution in [-0.2, 0) is 6.61 Å². The zero-order valence-corrected chi connectivity index (χ0v) is 11.9. The van der Waals surface area contributed by atoms with Gasteiger partial charge in [0.25, 0.3) is 0 Å². The van der Waals surface area contributed by atoms with Crippen LogP contribution in [0.1, 0.15) is 21.1 Å². The van der Waals surface area contributed by atoms with Gasteiger partial charge in [-0.25, -0.2) is 4.98 Å². The van der Waals surface area contributed by atoms with Gasteiger partial charge in [-0.05, 0) is 31.5 Å². The van der Waals surface area contributed by atoms with Gasteiger partial charge in [0, 0.05) is 0 Å². The first-order valence-corrected chi connectivity index (χ1v) is 6.74. The van der Waals surface area contributed by atoms with E-state index in [1.165, 1.54) is 16.9 Å². The lowest BCUT2D eigenvalue weighted by molar-refractivity contribution is 0.305. The molecule has 3 nitrogen and oxygen atoms in total. The average molecular weight is 278 g/mol. The Labute approximate surface area is 116 Å². The van der Waals surface area contributed by atoms with Gasteiger partial charge in [0.05, 0.1) is 10.6 Å². The molecule has 0 saturated heterocycles. The summed E-state index contributed by atoms with van der Waals surface area (Å²) < 4.78 is 5.68. The van der Waals surface area contributed by atoms with Gasteiger partial charge in [0.2, 0.25) is 0 Å². The van der Waals surface area contributed by atoms with Crippen LogP contribution in [0.3, 0.4) is 0 Å². The van der Waals surface area contributed by atoms with Crippen molar-refractivity contribution < 1.29 is 4.74 Å². The maximum atomic E-state index is 5.68. The number of benzene rings is 1. The molecule has 18 heavy (non-hydrogen) atoms. The third-order valence-corrected chi connectivity index (χ3v) is 3.91. The number of aryl methyl sites for hydroxylation is 2. The molecule has 1 aromatic carbocycles. The number of thiazole rings is 1. The van der Waals surface area contributed by atoms with E-state index in [9.17, 15) is 0 Å². The van der Waals surface area contributed by atoms with Crippen molar-refractivity contribution in [1.29, 1.82) is 0 Å². The molecule has 5 heteroatoms. The van der Waals surface area contributed by atoms with Gasteiger partial charge in [0.1, 0.15) is 22.4 Å². The normalized spacial score (nSPS) is 10.3. The minimum absolute atomic E-state index is 0.395. The van der Waals surface area contributed by atoms with Gasteiger partial charge in [-0.1, -0.05) is 24.4 Å². The highest BCUT2D eigenvalue weighted by atomic mass is 32.1. The Morgan fingerprint density at radius 3 is 2.83 bits per heavy atom. The van der Waals surface area contributed by atoms with Crippen LogP contribution in [0.25, 0.3) is 0 Å². The zero-order valence-electron chi connectivity index (χ0n) is 10.3. The summed E-state index contributed by atoms with van der Waals surface area (Å²) in [5.41, 5.74) is 7.66. The summed E-state index contributed by atoms with van der Waals surface area (Å²) in [6.07, 6.45) is 0. The number of aromatic nitrogens is 1. The molecule has 0 unspecified atom stereocenters. The van der Waals surface area contributed by atoms with Gasteiger partial charge in [0.15, 0.2) is 0 Å². The highest BCUT2D eigenvalue weighted by molar-refractivity contribution is 7.81. The molecule has 0 bridgehead atoms. The maximum Gasteiger partial charge on any atom is 0.140 e. The predicted molar refractivity (Wildman–Crippen MR) is 78.2 cm³/mol. The van der Waals surface area contributed by atoms with Crippen LogP contribution in [0.2, 0.25) is 0 Å². The van der Waals surface area contributed by atoms with Gasteiger partial charge in [-0.2, -0.15) is 0 Å². The summed E-state index contributed by atoms with van der Waals surface area (Å²) in [6, 6.07) is 7.93. The predicted octanol–water partition coefficient (Wildman–Crippen LogP) is 2.97. The summed E-state index contributed by atoms with van der Waals surface area (Å²) in [5, 5.41) is 0.886. The quantitative estimate of drug-likeness (QED) is 0.874. The number of nitrogens with zero attached hydrogens (tertiary/aromatic N) is 1. The molecule has 0 aliphatic rings. The van der Waals surface area contributed by atoms with E-state index in [2.05, 4.69) is 4.98 Å². The lowest BCUT2D eigenvalue weighted by atomic mass is 10.2. The highest BCUT2D eigenvalue weighted by Gasteiger charge is 2.10. The Morgan fingerprint density at radius 2 is 2.22 bits per heavy atom. The second kappa shape index (κ2) is 5.46. The molecule has 0 amide bonds. The first kappa shape index (κ1) is 13.0. The Morgan fingerprint density at radius 1 is 1.44 bits per heavy atom. The summed E-state index contributed by atoms with van der Waals surface area (Å²) in [6.45, 7) is 4.38. The van der Waals surface area contributed by atoms with Crippen LogP contribution in [-0.4, -0.2) is 9.97 Å². The van der Waals surface area contributed by atoms with E-state index in [1.54, 1.807) is 0 Å². The molecule has 0 fully saturated rings. The van der Waals surface area contributed by atoms with Crippen LogP contribution in [0.4, 0.5) is 0 Å². The molecule has 94 valence electrons. The largest absolute Gasteiger partial charge is 0.486 e. The Kier molecular flexibility index (Phi) is 3.93. The molecule has 0 aliphatic carbocycles. The lowest BCUT2D eigenvalue weighted by Gasteiger charge is -2.04. The summed E-state index contributed by atoms with van der Waals surface area (Å²) >= 11 is 6.45. The van der Waals surface area contributed by atoms with Crippen molar-refractivity contribution >= 4 is 28.5 Å². The van der Waals surface area contributed by atoms with Crippen molar-refractivity contribution in [2.45, 2.75) is 20.5 Å². The molecule has 2 N–H and O–H groups in total. The molecule has 1 heterocycles.